The summed E-state index contributed by atoms with van der Waals surface area (Å²) in [6.07, 6.45) is 3.57. The number of rotatable bonds is 3. The third kappa shape index (κ3) is 2.96. The van der Waals surface area contributed by atoms with E-state index in [4.69, 9.17) is 28.9 Å². The second kappa shape index (κ2) is 5.57. The molecule has 1 aliphatic carbocycles. The van der Waals surface area contributed by atoms with Crippen LogP contribution in [0.2, 0.25) is 10.0 Å². The second-order valence-electron chi connectivity index (χ2n) is 4.95. The third-order valence-corrected chi connectivity index (χ3v) is 4.21. The summed E-state index contributed by atoms with van der Waals surface area (Å²) in [4.78, 5) is 12.2. The van der Waals surface area contributed by atoms with E-state index in [1.165, 1.54) is 12.1 Å². The topological polar surface area (TPSA) is 75.4 Å². The summed E-state index contributed by atoms with van der Waals surface area (Å²) in [5.74, 6) is -0.292. The molecule has 0 atom stereocenters. The summed E-state index contributed by atoms with van der Waals surface area (Å²) in [5, 5.41) is 12.9. The Labute approximate surface area is 121 Å². The van der Waals surface area contributed by atoms with E-state index in [1.807, 2.05) is 0 Å². The Bertz CT molecular complexity index is 476. The molecule has 1 aromatic carbocycles. The number of amides is 1. The Morgan fingerprint density at radius 1 is 1.32 bits per heavy atom. The highest BCUT2D eigenvalue weighted by Crippen LogP contribution is 2.31. The van der Waals surface area contributed by atoms with Crippen molar-refractivity contribution in [3.05, 3.63) is 27.7 Å². The van der Waals surface area contributed by atoms with Crippen LogP contribution in [0.1, 0.15) is 36.0 Å². The lowest BCUT2D eigenvalue weighted by Crippen LogP contribution is -2.49. The Hall–Kier alpha value is -0.970. The fraction of sp³-hybridized carbons (Fsp3) is 0.462. The second-order valence-corrected chi connectivity index (χ2v) is 5.77. The van der Waals surface area contributed by atoms with E-state index in [9.17, 15) is 9.90 Å². The molecule has 0 aromatic heterocycles. The van der Waals surface area contributed by atoms with Crippen LogP contribution >= 0.6 is 23.2 Å². The van der Waals surface area contributed by atoms with Crippen molar-refractivity contribution < 1.29 is 9.90 Å². The molecule has 0 bridgehead atoms. The van der Waals surface area contributed by atoms with Crippen molar-refractivity contribution in [2.75, 3.05) is 12.3 Å². The fourth-order valence-corrected chi connectivity index (χ4v) is 2.89. The predicted octanol–water partition coefficient (Wildman–Crippen LogP) is 2.61. The van der Waals surface area contributed by atoms with Gasteiger partial charge in [-0.2, -0.15) is 0 Å². The molecule has 0 heterocycles. The molecule has 19 heavy (non-hydrogen) atoms. The van der Waals surface area contributed by atoms with Gasteiger partial charge in [0, 0.05) is 5.56 Å². The van der Waals surface area contributed by atoms with Crippen LogP contribution in [-0.2, 0) is 0 Å². The Morgan fingerprint density at radius 3 is 2.32 bits per heavy atom. The zero-order valence-corrected chi connectivity index (χ0v) is 11.9. The number of halogens is 2. The van der Waals surface area contributed by atoms with E-state index >= 15 is 0 Å². The lowest BCUT2D eigenvalue weighted by atomic mass is 9.98. The minimum absolute atomic E-state index is 0.0603. The monoisotopic (exact) mass is 302 g/mol. The highest BCUT2D eigenvalue weighted by molar-refractivity contribution is 6.39. The predicted molar refractivity (Wildman–Crippen MR) is 76.6 cm³/mol. The largest absolute Gasteiger partial charge is 0.396 e. The molecule has 1 aromatic rings. The molecule has 0 aliphatic heterocycles. The Morgan fingerprint density at radius 2 is 1.84 bits per heavy atom. The number of nitrogen functional groups attached to an aromatic ring is 1. The molecular weight excluding hydrogens is 287 g/mol. The minimum Gasteiger partial charge on any atom is -0.396 e. The molecule has 0 saturated heterocycles. The molecule has 4 N–H and O–H groups in total. The number of nitrogens with one attached hydrogen (secondary N) is 1. The summed E-state index contributed by atoms with van der Waals surface area (Å²) in [5.41, 5.74) is 5.73. The molecule has 2 rings (SSSR count). The van der Waals surface area contributed by atoms with Crippen molar-refractivity contribution in [1.82, 2.24) is 5.32 Å². The van der Waals surface area contributed by atoms with E-state index in [0.717, 1.165) is 25.7 Å². The van der Waals surface area contributed by atoms with Crippen LogP contribution in [0.15, 0.2) is 12.1 Å². The number of hydrogen-bond donors (Lipinski definition) is 3. The number of aliphatic hydroxyl groups excluding tert-OH is 1. The van der Waals surface area contributed by atoms with Crippen LogP contribution in [0.5, 0.6) is 0 Å². The van der Waals surface area contributed by atoms with Crippen molar-refractivity contribution in [3.63, 3.8) is 0 Å². The fourth-order valence-electron chi connectivity index (χ4n) is 2.40. The van der Waals surface area contributed by atoms with Gasteiger partial charge in [-0.15, -0.1) is 0 Å². The first kappa shape index (κ1) is 14.4. The molecule has 1 aliphatic rings. The molecule has 6 heteroatoms. The maximum atomic E-state index is 12.2. The number of nitrogens with two attached hydrogens (primary N) is 1. The first-order valence-electron chi connectivity index (χ1n) is 6.15. The summed E-state index contributed by atoms with van der Waals surface area (Å²) in [6.45, 7) is -0.0603. The highest BCUT2D eigenvalue weighted by Gasteiger charge is 2.34. The number of carbonyl (C=O) groups is 1. The lowest BCUT2D eigenvalue weighted by Gasteiger charge is -2.28. The summed E-state index contributed by atoms with van der Waals surface area (Å²) < 4.78 is 0. The van der Waals surface area contributed by atoms with Crippen molar-refractivity contribution >= 4 is 34.8 Å². The molecule has 1 saturated carbocycles. The first-order chi connectivity index (χ1) is 8.97. The maximum Gasteiger partial charge on any atom is 0.251 e. The van der Waals surface area contributed by atoms with Gasteiger partial charge in [-0.3, -0.25) is 4.79 Å². The SMILES string of the molecule is Nc1c(Cl)cc(C(=O)NC2(CO)CCCC2)cc1Cl. The lowest BCUT2D eigenvalue weighted by molar-refractivity contribution is 0.0838. The van der Waals surface area contributed by atoms with Crippen LogP contribution < -0.4 is 11.1 Å². The molecule has 4 nitrogen and oxygen atoms in total. The van der Waals surface area contributed by atoms with Gasteiger partial charge >= 0.3 is 0 Å². The number of benzene rings is 1. The van der Waals surface area contributed by atoms with Crippen LogP contribution in [0.4, 0.5) is 5.69 Å². The first-order valence-corrected chi connectivity index (χ1v) is 6.91. The van der Waals surface area contributed by atoms with Crippen molar-refractivity contribution in [2.45, 2.75) is 31.2 Å². The van der Waals surface area contributed by atoms with Gasteiger partial charge in [-0.05, 0) is 25.0 Å². The van der Waals surface area contributed by atoms with E-state index in [-0.39, 0.29) is 28.2 Å². The Kier molecular flexibility index (Phi) is 4.23. The quantitative estimate of drug-likeness (QED) is 0.751. The number of aliphatic hydroxyl groups is 1. The zero-order valence-electron chi connectivity index (χ0n) is 10.4. The average Bonchev–Trinajstić information content (AvgIpc) is 2.84. The average molecular weight is 303 g/mol. The number of anilines is 1. The zero-order chi connectivity index (χ0) is 14.0. The van der Waals surface area contributed by atoms with Crippen LogP contribution in [-0.4, -0.2) is 23.2 Å². The van der Waals surface area contributed by atoms with Gasteiger partial charge < -0.3 is 16.2 Å². The maximum absolute atomic E-state index is 12.2. The van der Waals surface area contributed by atoms with E-state index in [2.05, 4.69) is 5.32 Å². The van der Waals surface area contributed by atoms with Crippen molar-refractivity contribution in [1.29, 1.82) is 0 Å². The van der Waals surface area contributed by atoms with Crippen molar-refractivity contribution in [3.8, 4) is 0 Å². The van der Waals surface area contributed by atoms with Gasteiger partial charge in [-0.25, -0.2) is 0 Å². The normalized spacial score (nSPS) is 17.4. The van der Waals surface area contributed by atoms with Crippen LogP contribution in [0.25, 0.3) is 0 Å². The van der Waals surface area contributed by atoms with Gasteiger partial charge in [0.05, 0.1) is 27.9 Å². The third-order valence-electron chi connectivity index (χ3n) is 3.58. The van der Waals surface area contributed by atoms with E-state index in [0.29, 0.717) is 5.56 Å². The highest BCUT2D eigenvalue weighted by atomic mass is 35.5. The Balaban J connectivity index is 2.20. The molecule has 0 unspecified atom stereocenters. The van der Waals surface area contributed by atoms with Gasteiger partial charge in [0.2, 0.25) is 0 Å². The summed E-state index contributed by atoms with van der Waals surface area (Å²) in [6, 6.07) is 2.97. The molecule has 0 radical (unpaired) electrons. The van der Waals surface area contributed by atoms with E-state index < -0.39 is 5.54 Å². The summed E-state index contributed by atoms with van der Waals surface area (Å²) in [7, 11) is 0. The van der Waals surface area contributed by atoms with Gasteiger partial charge in [-0.1, -0.05) is 36.0 Å². The molecule has 1 fully saturated rings. The van der Waals surface area contributed by atoms with Crippen molar-refractivity contribution in [2.24, 2.45) is 0 Å². The van der Waals surface area contributed by atoms with Gasteiger partial charge in [0.1, 0.15) is 0 Å². The van der Waals surface area contributed by atoms with Crippen LogP contribution in [0.3, 0.4) is 0 Å². The number of carbonyl (C=O) groups excluding carboxylic acids is 1. The van der Waals surface area contributed by atoms with Crippen LogP contribution in [0, 0.1) is 0 Å². The molecule has 0 spiro atoms. The van der Waals surface area contributed by atoms with Gasteiger partial charge in [0.25, 0.3) is 5.91 Å². The minimum atomic E-state index is -0.516. The summed E-state index contributed by atoms with van der Waals surface area (Å²) >= 11 is 11.8. The molecule has 104 valence electrons. The van der Waals surface area contributed by atoms with Gasteiger partial charge in [0.15, 0.2) is 0 Å². The molecular formula is C13H16Cl2N2O2. The standard InChI is InChI=1S/C13H16Cl2N2O2/c14-9-5-8(6-10(15)11(9)16)12(19)17-13(7-18)3-1-2-4-13/h5-6,18H,1-4,7,16H2,(H,17,19). The molecule has 1 amide bonds. The smallest absolute Gasteiger partial charge is 0.251 e. The van der Waals surface area contributed by atoms with E-state index in [1.54, 1.807) is 0 Å². The number of hydrogen-bond acceptors (Lipinski definition) is 3.